The van der Waals surface area contributed by atoms with Crippen LogP contribution in [0.25, 0.3) is 22.1 Å². The minimum Gasteiger partial charge on any atom is -0.450 e. The number of aromatic nitrogens is 2. The molecule has 1 N–H and O–H groups in total. The van der Waals surface area contributed by atoms with Gasteiger partial charge in [0.15, 0.2) is 11.4 Å². The smallest absolute Gasteiger partial charge is 0.196 e. The molecule has 0 atom stereocenters. The average Bonchev–Trinajstić information content (AvgIpc) is 2.93. The van der Waals surface area contributed by atoms with E-state index in [-0.39, 0.29) is 12.1 Å². The molecule has 0 aliphatic carbocycles. The molecule has 0 radical (unpaired) electrons. The van der Waals surface area contributed by atoms with Gasteiger partial charge in [-0.2, -0.15) is 0 Å². The molecular weight excluding hydrogens is 380 g/mol. The topological polar surface area (TPSA) is 51.0 Å². The minimum atomic E-state index is -0.635. The molecule has 0 aliphatic heterocycles. The van der Waals surface area contributed by atoms with Gasteiger partial charge in [-0.1, -0.05) is 28.1 Å². The zero-order valence-electron chi connectivity index (χ0n) is 12.2. The predicted octanol–water partition coefficient (Wildman–Crippen LogP) is 5.03. The van der Waals surface area contributed by atoms with Crippen molar-refractivity contribution in [3.8, 4) is 0 Å². The molecule has 120 valence electrons. The molecule has 0 aliphatic rings. The quantitative estimate of drug-likeness (QED) is 0.533. The summed E-state index contributed by atoms with van der Waals surface area (Å²) < 4.78 is 34.0. The van der Waals surface area contributed by atoms with Gasteiger partial charge in [-0.15, -0.1) is 0 Å². The van der Waals surface area contributed by atoms with Gasteiger partial charge in [0.2, 0.25) is 0 Å². The highest BCUT2D eigenvalue weighted by Crippen LogP contribution is 2.30. The highest BCUT2D eigenvalue weighted by Gasteiger charge is 2.15. The Labute approximate surface area is 143 Å². The third-order valence-electron chi connectivity index (χ3n) is 3.70. The number of rotatable bonds is 3. The highest BCUT2D eigenvalue weighted by molar-refractivity contribution is 9.10. The molecule has 2 aromatic heterocycles. The number of hydrogen-bond donors (Lipinski definition) is 1. The van der Waals surface area contributed by atoms with E-state index in [0.29, 0.717) is 27.0 Å². The van der Waals surface area contributed by atoms with Gasteiger partial charge in [0.25, 0.3) is 0 Å². The summed E-state index contributed by atoms with van der Waals surface area (Å²) >= 11 is 3.06. The lowest BCUT2D eigenvalue weighted by molar-refractivity contribution is 0.558. The fourth-order valence-corrected chi connectivity index (χ4v) is 2.96. The third-order valence-corrected chi connectivity index (χ3v) is 4.15. The van der Waals surface area contributed by atoms with Crippen LogP contribution in [0.2, 0.25) is 0 Å². The van der Waals surface area contributed by atoms with E-state index in [1.165, 1.54) is 18.5 Å². The summed E-state index contributed by atoms with van der Waals surface area (Å²) in [4.78, 5) is 8.36. The standard InChI is InChI=1S/C17H10BrF2N3O/c18-9-5-12(19)11(13(20)6-9)7-21-17-16-15(22-8-23-17)10-3-1-2-4-14(10)24-16/h1-6,8H,7H2,(H,21,22,23). The highest BCUT2D eigenvalue weighted by atomic mass is 79.9. The van der Waals surface area contributed by atoms with E-state index >= 15 is 0 Å². The van der Waals surface area contributed by atoms with Gasteiger partial charge >= 0.3 is 0 Å². The largest absolute Gasteiger partial charge is 0.450 e. The van der Waals surface area contributed by atoms with E-state index < -0.39 is 11.6 Å². The monoisotopic (exact) mass is 389 g/mol. The molecule has 0 spiro atoms. The van der Waals surface area contributed by atoms with Crippen molar-refractivity contribution in [3.63, 3.8) is 0 Å². The summed E-state index contributed by atoms with van der Waals surface area (Å²) in [6.07, 6.45) is 1.39. The summed E-state index contributed by atoms with van der Waals surface area (Å²) in [6.45, 7) is -0.0614. The van der Waals surface area contributed by atoms with Gasteiger partial charge in [0, 0.05) is 22.0 Å². The van der Waals surface area contributed by atoms with Crippen LogP contribution in [-0.4, -0.2) is 9.97 Å². The van der Waals surface area contributed by atoms with Crippen LogP contribution in [0.15, 0.2) is 51.6 Å². The second-order valence-electron chi connectivity index (χ2n) is 5.20. The lowest BCUT2D eigenvalue weighted by Crippen LogP contribution is -2.06. The van der Waals surface area contributed by atoms with Crippen LogP contribution < -0.4 is 5.32 Å². The van der Waals surface area contributed by atoms with Crippen molar-refractivity contribution < 1.29 is 13.2 Å². The fraction of sp³-hybridized carbons (Fsp3) is 0.0588. The van der Waals surface area contributed by atoms with E-state index in [4.69, 9.17) is 4.42 Å². The maximum absolute atomic E-state index is 13.9. The average molecular weight is 390 g/mol. The number of benzene rings is 2. The first-order valence-electron chi connectivity index (χ1n) is 7.13. The summed E-state index contributed by atoms with van der Waals surface area (Å²) in [5, 5.41) is 3.79. The number of fused-ring (bicyclic) bond motifs is 3. The van der Waals surface area contributed by atoms with Gasteiger partial charge in [-0.05, 0) is 24.3 Å². The molecule has 0 bridgehead atoms. The fourth-order valence-electron chi connectivity index (χ4n) is 2.56. The number of nitrogens with one attached hydrogen (secondary N) is 1. The van der Waals surface area contributed by atoms with Crippen LogP contribution in [0.5, 0.6) is 0 Å². The van der Waals surface area contributed by atoms with Gasteiger partial charge in [0.05, 0.1) is 0 Å². The molecule has 0 saturated heterocycles. The predicted molar refractivity (Wildman–Crippen MR) is 90.7 cm³/mol. The maximum atomic E-state index is 13.9. The number of furan rings is 1. The number of hydrogen-bond acceptors (Lipinski definition) is 4. The normalized spacial score (nSPS) is 11.3. The Morgan fingerprint density at radius 3 is 2.62 bits per heavy atom. The van der Waals surface area contributed by atoms with Crippen molar-refractivity contribution in [2.75, 3.05) is 5.32 Å². The molecule has 0 saturated carbocycles. The van der Waals surface area contributed by atoms with E-state index in [9.17, 15) is 8.78 Å². The van der Waals surface area contributed by atoms with Gasteiger partial charge in [0.1, 0.15) is 29.1 Å². The molecule has 4 rings (SSSR count). The number of para-hydroxylation sites is 1. The van der Waals surface area contributed by atoms with Crippen molar-refractivity contribution in [2.24, 2.45) is 0 Å². The first kappa shape index (κ1) is 15.0. The molecule has 2 heterocycles. The first-order valence-corrected chi connectivity index (χ1v) is 7.92. The number of halogens is 3. The molecule has 0 fully saturated rings. The van der Waals surface area contributed by atoms with Crippen molar-refractivity contribution in [1.82, 2.24) is 9.97 Å². The molecular formula is C17H10BrF2N3O. The zero-order chi connectivity index (χ0) is 16.7. The van der Waals surface area contributed by atoms with Crippen molar-refractivity contribution in [3.05, 3.63) is 64.4 Å². The van der Waals surface area contributed by atoms with Gasteiger partial charge in [-0.3, -0.25) is 0 Å². The van der Waals surface area contributed by atoms with E-state index in [1.54, 1.807) is 0 Å². The van der Waals surface area contributed by atoms with E-state index in [2.05, 4.69) is 31.2 Å². The summed E-state index contributed by atoms with van der Waals surface area (Å²) in [6, 6.07) is 9.91. The Morgan fingerprint density at radius 1 is 1.08 bits per heavy atom. The van der Waals surface area contributed by atoms with Crippen LogP contribution >= 0.6 is 15.9 Å². The Hall–Kier alpha value is -2.54. The Bertz CT molecular complexity index is 1040. The SMILES string of the molecule is Fc1cc(Br)cc(F)c1CNc1ncnc2c1oc1ccccc12. The van der Waals surface area contributed by atoms with Crippen LogP contribution in [0.4, 0.5) is 14.6 Å². The zero-order valence-corrected chi connectivity index (χ0v) is 13.8. The second kappa shape index (κ2) is 5.83. The van der Waals surface area contributed by atoms with Crippen molar-refractivity contribution in [2.45, 2.75) is 6.54 Å². The molecule has 0 unspecified atom stereocenters. The minimum absolute atomic E-state index is 0.0614. The summed E-state index contributed by atoms with van der Waals surface area (Å²) in [5.74, 6) is -0.883. The summed E-state index contributed by atoms with van der Waals surface area (Å²) in [7, 11) is 0. The lowest BCUT2D eigenvalue weighted by Gasteiger charge is -2.08. The molecule has 7 heteroatoms. The van der Waals surface area contributed by atoms with E-state index in [1.807, 2.05) is 24.3 Å². The Kier molecular flexibility index (Phi) is 3.65. The molecule has 24 heavy (non-hydrogen) atoms. The van der Waals surface area contributed by atoms with Crippen molar-refractivity contribution >= 4 is 43.8 Å². The van der Waals surface area contributed by atoms with Crippen LogP contribution in [0.1, 0.15) is 5.56 Å². The van der Waals surface area contributed by atoms with Crippen LogP contribution in [0.3, 0.4) is 0 Å². The molecule has 0 amide bonds. The lowest BCUT2D eigenvalue weighted by atomic mass is 10.2. The Morgan fingerprint density at radius 2 is 1.83 bits per heavy atom. The van der Waals surface area contributed by atoms with Gasteiger partial charge in [-0.25, -0.2) is 18.7 Å². The van der Waals surface area contributed by atoms with Crippen LogP contribution in [0, 0.1) is 11.6 Å². The maximum Gasteiger partial charge on any atom is 0.196 e. The molecule has 4 nitrogen and oxygen atoms in total. The first-order chi connectivity index (χ1) is 11.6. The van der Waals surface area contributed by atoms with Gasteiger partial charge < -0.3 is 9.73 Å². The Balaban J connectivity index is 1.73. The number of nitrogens with zero attached hydrogens (tertiary/aromatic N) is 2. The third kappa shape index (κ3) is 2.50. The second-order valence-corrected chi connectivity index (χ2v) is 6.12. The summed E-state index contributed by atoms with van der Waals surface area (Å²) in [5.41, 5.74) is 1.72. The number of anilines is 1. The van der Waals surface area contributed by atoms with Crippen LogP contribution in [-0.2, 0) is 6.54 Å². The van der Waals surface area contributed by atoms with Crippen molar-refractivity contribution in [1.29, 1.82) is 0 Å². The molecule has 2 aromatic carbocycles. The molecule has 4 aromatic rings. The van der Waals surface area contributed by atoms with E-state index in [0.717, 1.165) is 5.39 Å².